The Bertz CT molecular complexity index is 876. The first kappa shape index (κ1) is 13.7. The maximum absolute atomic E-state index is 5.92. The number of hydrogen-bond acceptors (Lipinski definition) is 3. The third kappa shape index (κ3) is 2.73. The van der Waals surface area contributed by atoms with Gasteiger partial charge < -0.3 is 4.74 Å². The van der Waals surface area contributed by atoms with Crippen LogP contribution < -0.4 is 4.74 Å². The van der Waals surface area contributed by atoms with Crippen LogP contribution in [0.4, 0.5) is 0 Å². The van der Waals surface area contributed by atoms with Crippen molar-refractivity contribution in [3.8, 4) is 5.88 Å². The Labute approximate surface area is 134 Å². The molecule has 0 saturated carbocycles. The van der Waals surface area contributed by atoms with Gasteiger partial charge in [-0.1, -0.05) is 54.6 Å². The third-order valence-corrected chi connectivity index (χ3v) is 4.00. The van der Waals surface area contributed by atoms with E-state index in [4.69, 9.17) is 4.74 Å². The summed E-state index contributed by atoms with van der Waals surface area (Å²) in [5.41, 5.74) is 2.20. The van der Waals surface area contributed by atoms with E-state index >= 15 is 0 Å². The Hall–Kier alpha value is -2.94. The Balaban J connectivity index is 1.55. The molecule has 4 aromatic rings. The number of aromatic nitrogens is 2. The SMILES string of the molecule is c1ccc2c(CCOc3ncnc4ccccc34)cccc2c1. The summed E-state index contributed by atoms with van der Waals surface area (Å²) < 4.78 is 5.92. The first-order valence-corrected chi connectivity index (χ1v) is 7.71. The van der Waals surface area contributed by atoms with Crippen molar-refractivity contribution in [2.24, 2.45) is 0 Å². The zero-order valence-corrected chi connectivity index (χ0v) is 12.6. The minimum Gasteiger partial charge on any atom is -0.477 e. The fourth-order valence-corrected chi connectivity index (χ4v) is 2.86. The van der Waals surface area contributed by atoms with Gasteiger partial charge in [-0.05, 0) is 28.5 Å². The summed E-state index contributed by atoms with van der Waals surface area (Å²) in [6.45, 7) is 0.592. The van der Waals surface area contributed by atoms with Crippen LogP contribution in [0.25, 0.3) is 21.7 Å². The van der Waals surface area contributed by atoms with Gasteiger partial charge in [0.25, 0.3) is 0 Å². The molecule has 0 N–H and O–H groups in total. The molecule has 1 aromatic heterocycles. The van der Waals surface area contributed by atoms with Crippen molar-refractivity contribution in [3.63, 3.8) is 0 Å². The largest absolute Gasteiger partial charge is 0.477 e. The number of fused-ring (bicyclic) bond motifs is 2. The van der Waals surface area contributed by atoms with E-state index < -0.39 is 0 Å². The molecule has 3 aromatic carbocycles. The van der Waals surface area contributed by atoms with Crippen molar-refractivity contribution in [2.75, 3.05) is 6.61 Å². The molecular formula is C20H16N2O. The summed E-state index contributed by atoms with van der Waals surface area (Å²) in [4.78, 5) is 8.52. The second-order valence-corrected chi connectivity index (χ2v) is 5.43. The minimum atomic E-state index is 0.592. The average Bonchev–Trinajstić information content (AvgIpc) is 2.62. The maximum Gasteiger partial charge on any atom is 0.224 e. The molecule has 3 nitrogen and oxygen atoms in total. The van der Waals surface area contributed by atoms with Gasteiger partial charge in [0.15, 0.2) is 0 Å². The zero-order valence-electron chi connectivity index (χ0n) is 12.6. The topological polar surface area (TPSA) is 35.0 Å². The van der Waals surface area contributed by atoms with Crippen LogP contribution in [0.3, 0.4) is 0 Å². The lowest BCUT2D eigenvalue weighted by Crippen LogP contribution is -2.04. The van der Waals surface area contributed by atoms with Gasteiger partial charge in [-0.2, -0.15) is 0 Å². The van der Waals surface area contributed by atoms with Crippen LogP contribution in [0.15, 0.2) is 73.1 Å². The molecule has 1 heterocycles. The smallest absolute Gasteiger partial charge is 0.224 e. The monoisotopic (exact) mass is 300 g/mol. The normalized spacial score (nSPS) is 11.0. The average molecular weight is 300 g/mol. The number of benzene rings is 3. The van der Waals surface area contributed by atoms with Crippen LogP contribution in [0.5, 0.6) is 5.88 Å². The highest BCUT2D eigenvalue weighted by Gasteiger charge is 2.05. The molecule has 0 aliphatic carbocycles. The maximum atomic E-state index is 5.92. The predicted molar refractivity (Wildman–Crippen MR) is 92.7 cm³/mol. The lowest BCUT2D eigenvalue weighted by Gasteiger charge is -2.09. The summed E-state index contributed by atoms with van der Waals surface area (Å²) in [5.74, 6) is 0.649. The number of para-hydroxylation sites is 1. The molecule has 0 atom stereocenters. The van der Waals surface area contributed by atoms with Crippen molar-refractivity contribution < 1.29 is 4.74 Å². The summed E-state index contributed by atoms with van der Waals surface area (Å²) in [6.07, 6.45) is 2.40. The predicted octanol–water partition coefficient (Wildman–Crippen LogP) is 4.40. The van der Waals surface area contributed by atoms with E-state index in [1.807, 2.05) is 24.3 Å². The summed E-state index contributed by atoms with van der Waals surface area (Å²) in [6, 6.07) is 22.7. The zero-order chi connectivity index (χ0) is 15.5. The summed E-state index contributed by atoms with van der Waals surface area (Å²) >= 11 is 0. The molecule has 0 amide bonds. The van der Waals surface area contributed by atoms with Gasteiger partial charge >= 0.3 is 0 Å². The van der Waals surface area contributed by atoms with Crippen LogP contribution in [0, 0.1) is 0 Å². The Morgan fingerprint density at radius 2 is 1.52 bits per heavy atom. The highest BCUT2D eigenvalue weighted by atomic mass is 16.5. The third-order valence-electron chi connectivity index (χ3n) is 4.00. The highest BCUT2D eigenvalue weighted by molar-refractivity contribution is 5.85. The van der Waals surface area contributed by atoms with Crippen molar-refractivity contribution in [1.82, 2.24) is 9.97 Å². The molecule has 112 valence electrons. The lowest BCUT2D eigenvalue weighted by molar-refractivity contribution is 0.313. The van der Waals surface area contributed by atoms with Crippen molar-refractivity contribution in [3.05, 3.63) is 78.6 Å². The first-order chi connectivity index (χ1) is 11.4. The molecule has 0 fully saturated rings. The van der Waals surface area contributed by atoms with E-state index in [0.29, 0.717) is 12.5 Å². The molecule has 4 rings (SSSR count). The summed E-state index contributed by atoms with van der Waals surface area (Å²) in [7, 11) is 0. The van der Waals surface area contributed by atoms with Crippen molar-refractivity contribution in [2.45, 2.75) is 6.42 Å². The van der Waals surface area contributed by atoms with E-state index in [0.717, 1.165) is 17.3 Å². The van der Waals surface area contributed by atoms with Gasteiger partial charge in [-0.3, -0.25) is 0 Å². The molecule has 0 aliphatic rings. The highest BCUT2D eigenvalue weighted by Crippen LogP contribution is 2.22. The van der Waals surface area contributed by atoms with Crippen LogP contribution >= 0.6 is 0 Å². The van der Waals surface area contributed by atoms with Crippen molar-refractivity contribution in [1.29, 1.82) is 0 Å². The van der Waals surface area contributed by atoms with Crippen LogP contribution in [-0.2, 0) is 6.42 Å². The molecule has 0 saturated heterocycles. The van der Waals surface area contributed by atoms with E-state index in [1.165, 1.54) is 16.3 Å². The fourth-order valence-electron chi connectivity index (χ4n) is 2.86. The number of nitrogens with zero attached hydrogens (tertiary/aromatic N) is 2. The van der Waals surface area contributed by atoms with Gasteiger partial charge in [0.2, 0.25) is 5.88 Å². The number of ether oxygens (including phenoxy) is 1. The number of hydrogen-bond donors (Lipinski definition) is 0. The van der Waals surface area contributed by atoms with Gasteiger partial charge in [-0.25, -0.2) is 9.97 Å². The molecule has 0 radical (unpaired) electrons. The first-order valence-electron chi connectivity index (χ1n) is 7.71. The molecule has 0 aliphatic heterocycles. The molecule has 0 unspecified atom stereocenters. The minimum absolute atomic E-state index is 0.592. The fraction of sp³-hybridized carbons (Fsp3) is 0.100. The number of rotatable bonds is 4. The standard InChI is InChI=1S/C20H16N2O/c1-2-9-17-15(6-1)7-5-8-16(17)12-13-23-20-18-10-3-4-11-19(18)21-14-22-20/h1-11,14H,12-13H2. The van der Waals surface area contributed by atoms with Gasteiger partial charge in [-0.15, -0.1) is 0 Å². The molecular weight excluding hydrogens is 284 g/mol. The van der Waals surface area contributed by atoms with Gasteiger partial charge in [0, 0.05) is 6.42 Å². The van der Waals surface area contributed by atoms with Gasteiger partial charge in [0.1, 0.15) is 6.33 Å². The molecule has 0 bridgehead atoms. The second-order valence-electron chi connectivity index (χ2n) is 5.43. The molecule has 3 heteroatoms. The Morgan fingerprint density at radius 3 is 2.48 bits per heavy atom. The summed E-state index contributed by atoms with van der Waals surface area (Å²) in [5, 5.41) is 3.50. The Morgan fingerprint density at radius 1 is 0.739 bits per heavy atom. The van der Waals surface area contributed by atoms with Crippen LogP contribution in [-0.4, -0.2) is 16.6 Å². The van der Waals surface area contributed by atoms with E-state index in [9.17, 15) is 0 Å². The molecule has 23 heavy (non-hydrogen) atoms. The van der Waals surface area contributed by atoms with E-state index in [-0.39, 0.29) is 0 Å². The van der Waals surface area contributed by atoms with Crippen LogP contribution in [0.2, 0.25) is 0 Å². The quantitative estimate of drug-likeness (QED) is 0.560. The Kier molecular flexibility index (Phi) is 3.60. The molecule has 0 spiro atoms. The van der Waals surface area contributed by atoms with Crippen LogP contribution in [0.1, 0.15) is 5.56 Å². The van der Waals surface area contributed by atoms with Gasteiger partial charge in [0.05, 0.1) is 17.5 Å². The lowest BCUT2D eigenvalue weighted by atomic mass is 10.0. The van der Waals surface area contributed by atoms with E-state index in [2.05, 4.69) is 52.4 Å². The van der Waals surface area contributed by atoms with E-state index in [1.54, 1.807) is 6.33 Å². The second kappa shape index (κ2) is 6.05. The van der Waals surface area contributed by atoms with Crippen molar-refractivity contribution >= 4 is 21.7 Å².